The minimum absolute atomic E-state index is 0.375. The van der Waals surface area contributed by atoms with E-state index in [1.165, 1.54) is 51.4 Å². The molecule has 3 rings (SSSR count). The first-order valence-corrected chi connectivity index (χ1v) is 8.15. The molecule has 0 bridgehead atoms. The van der Waals surface area contributed by atoms with Gasteiger partial charge in [0.25, 0.3) is 0 Å². The maximum atomic E-state index is 6.32. The van der Waals surface area contributed by atoms with Crippen LogP contribution in [-0.2, 0) is 4.74 Å². The highest BCUT2D eigenvalue weighted by molar-refractivity contribution is 4.92. The van der Waals surface area contributed by atoms with Crippen LogP contribution in [0.4, 0.5) is 0 Å². The van der Waals surface area contributed by atoms with E-state index in [0.29, 0.717) is 18.4 Å². The zero-order valence-corrected chi connectivity index (χ0v) is 12.0. The highest BCUT2D eigenvalue weighted by atomic mass is 16.5. The summed E-state index contributed by atoms with van der Waals surface area (Å²) in [6.07, 6.45) is 11.9. The zero-order valence-electron chi connectivity index (χ0n) is 12.0. The fourth-order valence-corrected chi connectivity index (χ4v) is 4.28. The minimum atomic E-state index is 0.375. The van der Waals surface area contributed by atoms with E-state index in [-0.39, 0.29) is 0 Å². The minimum Gasteiger partial charge on any atom is -0.358 e. The van der Waals surface area contributed by atoms with Gasteiger partial charge in [-0.1, -0.05) is 39.5 Å². The molecule has 0 aromatic carbocycles. The van der Waals surface area contributed by atoms with Gasteiger partial charge in [0.05, 0.1) is 6.10 Å². The Balaban J connectivity index is 1.58. The fourth-order valence-electron chi connectivity index (χ4n) is 4.28. The number of nitrogens with one attached hydrogen (secondary N) is 1. The van der Waals surface area contributed by atoms with E-state index >= 15 is 0 Å². The highest BCUT2D eigenvalue weighted by Gasteiger charge is 2.40. The summed E-state index contributed by atoms with van der Waals surface area (Å²) in [5.74, 6) is 2.55. The fraction of sp³-hybridized carbons (Fsp3) is 1.00. The Hall–Kier alpha value is -0.0800. The van der Waals surface area contributed by atoms with Crippen molar-refractivity contribution in [1.29, 1.82) is 0 Å². The van der Waals surface area contributed by atoms with Crippen molar-refractivity contribution in [2.75, 3.05) is 0 Å². The van der Waals surface area contributed by atoms with Gasteiger partial charge in [-0.05, 0) is 43.4 Å². The molecule has 1 saturated heterocycles. The average molecular weight is 251 g/mol. The van der Waals surface area contributed by atoms with Gasteiger partial charge in [0.2, 0.25) is 0 Å². The number of ether oxygens (including phenoxy) is 1. The lowest BCUT2D eigenvalue weighted by Gasteiger charge is -2.34. The van der Waals surface area contributed by atoms with Gasteiger partial charge in [0.1, 0.15) is 6.23 Å². The predicted octanol–water partition coefficient (Wildman–Crippen LogP) is 3.71. The van der Waals surface area contributed by atoms with Crippen molar-refractivity contribution in [1.82, 2.24) is 5.32 Å². The lowest BCUT2D eigenvalue weighted by molar-refractivity contribution is -0.0235. The van der Waals surface area contributed by atoms with Crippen LogP contribution in [0.1, 0.15) is 65.2 Å². The molecule has 0 aromatic heterocycles. The van der Waals surface area contributed by atoms with E-state index in [4.69, 9.17) is 4.74 Å². The Morgan fingerprint density at radius 2 is 1.83 bits per heavy atom. The van der Waals surface area contributed by atoms with E-state index in [0.717, 1.165) is 17.8 Å². The standard InChI is InChI=1S/C16H29NO/c1-11(2)12-6-5-7-13(10-12)16-17-14-8-3-4-9-15(14)18-16/h11-17H,3-10H2,1-2H3. The van der Waals surface area contributed by atoms with E-state index in [9.17, 15) is 0 Å². The second-order valence-corrected chi connectivity index (χ2v) is 7.08. The summed E-state index contributed by atoms with van der Waals surface area (Å²) in [6.45, 7) is 4.77. The predicted molar refractivity (Wildman–Crippen MR) is 74.3 cm³/mol. The third-order valence-electron chi connectivity index (χ3n) is 5.53. The van der Waals surface area contributed by atoms with E-state index in [1.54, 1.807) is 0 Å². The third-order valence-corrected chi connectivity index (χ3v) is 5.53. The quantitative estimate of drug-likeness (QED) is 0.808. The van der Waals surface area contributed by atoms with Crippen LogP contribution in [0.3, 0.4) is 0 Å². The Kier molecular flexibility index (Phi) is 3.95. The average Bonchev–Trinajstić information content (AvgIpc) is 2.82. The summed E-state index contributed by atoms with van der Waals surface area (Å²) in [5, 5.41) is 3.80. The molecule has 1 N–H and O–H groups in total. The number of hydrogen-bond acceptors (Lipinski definition) is 2. The molecule has 5 atom stereocenters. The summed E-state index contributed by atoms with van der Waals surface area (Å²) in [4.78, 5) is 0. The molecule has 0 radical (unpaired) electrons. The molecular weight excluding hydrogens is 222 g/mol. The lowest BCUT2D eigenvalue weighted by atomic mass is 9.75. The number of hydrogen-bond donors (Lipinski definition) is 1. The van der Waals surface area contributed by atoms with Gasteiger partial charge in [-0.3, -0.25) is 5.32 Å². The summed E-state index contributed by atoms with van der Waals surface area (Å²) < 4.78 is 6.32. The molecule has 2 saturated carbocycles. The summed E-state index contributed by atoms with van der Waals surface area (Å²) in [7, 11) is 0. The van der Waals surface area contributed by atoms with Crippen LogP contribution in [-0.4, -0.2) is 18.4 Å². The second kappa shape index (κ2) is 5.50. The van der Waals surface area contributed by atoms with Crippen molar-refractivity contribution in [3.63, 3.8) is 0 Å². The largest absolute Gasteiger partial charge is 0.358 e. The van der Waals surface area contributed by atoms with Crippen LogP contribution in [0.25, 0.3) is 0 Å². The molecule has 3 fully saturated rings. The Labute approximate surface area is 112 Å². The van der Waals surface area contributed by atoms with Crippen molar-refractivity contribution in [3.05, 3.63) is 0 Å². The normalized spacial score (nSPS) is 45.2. The van der Waals surface area contributed by atoms with Crippen LogP contribution in [0, 0.1) is 17.8 Å². The highest BCUT2D eigenvalue weighted by Crippen LogP contribution is 2.39. The smallest absolute Gasteiger partial charge is 0.111 e. The first kappa shape index (κ1) is 12.9. The van der Waals surface area contributed by atoms with Crippen LogP contribution in [0.15, 0.2) is 0 Å². The topological polar surface area (TPSA) is 21.3 Å². The third kappa shape index (κ3) is 2.60. The van der Waals surface area contributed by atoms with Gasteiger partial charge in [-0.2, -0.15) is 0 Å². The lowest BCUT2D eigenvalue weighted by Crippen LogP contribution is -2.39. The molecule has 2 aliphatic carbocycles. The molecule has 0 aromatic rings. The Morgan fingerprint density at radius 3 is 2.61 bits per heavy atom. The molecule has 5 unspecified atom stereocenters. The molecule has 0 amide bonds. The Morgan fingerprint density at radius 1 is 1.00 bits per heavy atom. The molecule has 18 heavy (non-hydrogen) atoms. The van der Waals surface area contributed by atoms with Gasteiger partial charge < -0.3 is 4.74 Å². The van der Waals surface area contributed by atoms with Crippen LogP contribution < -0.4 is 5.32 Å². The van der Waals surface area contributed by atoms with Crippen molar-refractivity contribution in [2.24, 2.45) is 17.8 Å². The van der Waals surface area contributed by atoms with Gasteiger partial charge in [-0.25, -0.2) is 0 Å². The Bertz CT molecular complexity index is 264. The van der Waals surface area contributed by atoms with Crippen molar-refractivity contribution >= 4 is 0 Å². The monoisotopic (exact) mass is 251 g/mol. The van der Waals surface area contributed by atoms with E-state index < -0.39 is 0 Å². The summed E-state index contributed by atoms with van der Waals surface area (Å²) in [6, 6.07) is 0.670. The number of rotatable bonds is 2. The first-order chi connectivity index (χ1) is 8.74. The van der Waals surface area contributed by atoms with Crippen LogP contribution in [0.2, 0.25) is 0 Å². The first-order valence-electron chi connectivity index (χ1n) is 8.15. The van der Waals surface area contributed by atoms with Crippen molar-refractivity contribution < 1.29 is 4.74 Å². The van der Waals surface area contributed by atoms with Gasteiger partial charge in [-0.15, -0.1) is 0 Å². The van der Waals surface area contributed by atoms with Gasteiger partial charge in [0, 0.05) is 6.04 Å². The van der Waals surface area contributed by atoms with Gasteiger partial charge in [0.15, 0.2) is 0 Å². The molecule has 2 heteroatoms. The second-order valence-electron chi connectivity index (χ2n) is 7.08. The van der Waals surface area contributed by atoms with Crippen LogP contribution in [0.5, 0.6) is 0 Å². The van der Waals surface area contributed by atoms with Crippen LogP contribution >= 0.6 is 0 Å². The summed E-state index contributed by atoms with van der Waals surface area (Å²) >= 11 is 0. The summed E-state index contributed by atoms with van der Waals surface area (Å²) in [5.41, 5.74) is 0. The van der Waals surface area contributed by atoms with Crippen molar-refractivity contribution in [2.45, 2.75) is 83.6 Å². The molecular formula is C16H29NO. The zero-order chi connectivity index (χ0) is 12.5. The number of fused-ring (bicyclic) bond motifs is 1. The maximum absolute atomic E-state index is 6.32. The van der Waals surface area contributed by atoms with E-state index in [1.807, 2.05) is 0 Å². The SMILES string of the molecule is CC(C)C1CCCC(C2NC3CCCCC3O2)C1. The molecule has 3 aliphatic rings. The van der Waals surface area contributed by atoms with Crippen molar-refractivity contribution in [3.8, 4) is 0 Å². The maximum Gasteiger partial charge on any atom is 0.111 e. The molecule has 1 heterocycles. The molecule has 2 nitrogen and oxygen atoms in total. The van der Waals surface area contributed by atoms with E-state index in [2.05, 4.69) is 19.2 Å². The molecule has 104 valence electrons. The molecule has 0 spiro atoms. The van der Waals surface area contributed by atoms with Gasteiger partial charge >= 0.3 is 0 Å². The molecule has 1 aliphatic heterocycles.